The van der Waals surface area contributed by atoms with Crippen molar-refractivity contribution < 1.29 is 4.74 Å². The lowest BCUT2D eigenvalue weighted by Crippen LogP contribution is -2.27. The van der Waals surface area contributed by atoms with Crippen LogP contribution in [0.1, 0.15) is 25.7 Å². The number of anilines is 1. The Hall–Kier alpha value is -1.48. The zero-order valence-corrected chi connectivity index (χ0v) is 13.1. The van der Waals surface area contributed by atoms with Crippen molar-refractivity contribution in [2.24, 2.45) is 5.92 Å². The Morgan fingerprint density at radius 1 is 1.29 bits per heavy atom. The molecular formula is C17H21ClN2O. The minimum Gasteiger partial charge on any atom is -0.497 e. The summed E-state index contributed by atoms with van der Waals surface area (Å²) in [4.78, 5) is 4.48. The van der Waals surface area contributed by atoms with Gasteiger partial charge in [-0.2, -0.15) is 0 Å². The monoisotopic (exact) mass is 304 g/mol. The number of benzene rings is 1. The van der Waals surface area contributed by atoms with Gasteiger partial charge in [-0.15, -0.1) is 11.6 Å². The smallest absolute Gasteiger partial charge is 0.133 e. The SMILES string of the molecule is COc1ccc2c(NCC3CCCCC3Cl)nccc2c1. The Morgan fingerprint density at radius 2 is 2.14 bits per heavy atom. The summed E-state index contributed by atoms with van der Waals surface area (Å²) in [5, 5.41) is 6.04. The molecule has 2 unspecified atom stereocenters. The standard InChI is InChI=1S/C17H21ClN2O/c1-21-14-6-7-15-12(10-14)8-9-19-17(15)20-11-13-4-2-3-5-16(13)18/h6-10,13,16H,2-5,11H2,1H3,(H,19,20). The summed E-state index contributed by atoms with van der Waals surface area (Å²) < 4.78 is 5.27. The normalized spacial score (nSPS) is 22.2. The minimum absolute atomic E-state index is 0.293. The van der Waals surface area contributed by atoms with Crippen LogP contribution >= 0.6 is 11.6 Å². The summed E-state index contributed by atoms with van der Waals surface area (Å²) in [5.74, 6) is 2.34. The van der Waals surface area contributed by atoms with Gasteiger partial charge in [-0.3, -0.25) is 0 Å². The number of nitrogens with one attached hydrogen (secondary N) is 1. The summed E-state index contributed by atoms with van der Waals surface area (Å²) in [5.41, 5.74) is 0. The van der Waals surface area contributed by atoms with E-state index < -0.39 is 0 Å². The van der Waals surface area contributed by atoms with Crippen molar-refractivity contribution in [2.45, 2.75) is 31.1 Å². The van der Waals surface area contributed by atoms with Crippen LogP contribution in [0.4, 0.5) is 5.82 Å². The van der Waals surface area contributed by atoms with Crippen LogP contribution < -0.4 is 10.1 Å². The Kier molecular flexibility index (Phi) is 4.49. The highest BCUT2D eigenvalue weighted by Gasteiger charge is 2.23. The van der Waals surface area contributed by atoms with E-state index in [1.54, 1.807) is 7.11 Å². The molecule has 1 aliphatic carbocycles. The molecule has 3 rings (SSSR count). The second-order valence-corrected chi connectivity index (χ2v) is 6.25. The molecule has 0 spiro atoms. The van der Waals surface area contributed by atoms with Gasteiger partial charge in [0.25, 0.3) is 0 Å². The van der Waals surface area contributed by atoms with Gasteiger partial charge in [0.1, 0.15) is 11.6 Å². The number of ether oxygens (including phenoxy) is 1. The number of fused-ring (bicyclic) bond motifs is 1. The first-order valence-corrected chi connectivity index (χ1v) is 8.02. The van der Waals surface area contributed by atoms with Gasteiger partial charge in [0.05, 0.1) is 7.11 Å². The third-order valence-corrected chi connectivity index (χ3v) is 4.89. The van der Waals surface area contributed by atoms with Gasteiger partial charge in [-0.25, -0.2) is 4.98 Å². The molecule has 0 saturated heterocycles. The molecule has 21 heavy (non-hydrogen) atoms. The van der Waals surface area contributed by atoms with E-state index in [2.05, 4.69) is 16.4 Å². The highest BCUT2D eigenvalue weighted by atomic mass is 35.5. The fourth-order valence-electron chi connectivity index (χ4n) is 3.04. The van der Waals surface area contributed by atoms with Crippen molar-refractivity contribution in [3.05, 3.63) is 30.5 Å². The molecule has 0 bridgehead atoms. The third-order valence-electron chi connectivity index (χ3n) is 4.32. The van der Waals surface area contributed by atoms with Gasteiger partial charge in [-0.1, -0.05) is 12.8 Å². The lowest BCUT2D eigenvalue weighted by molar-refractivity contribution is 0.380. The first-order chi connectivity index (χ1) is 10.3. The van der Waals surface area contributed by atoms with E-state index in [-0.39, 0.29) is 0 Å². The summed E-state index contributed by atoms with van der Waals surface area (Å²) in [7, 11) is 1.69. The van der Waals surface area contributed by atoms with Crippen LogP contribution in [0.5, 0.6) is 5.75 Å². The van der Waals surface area contributed by atoms with E-state index in [4.69, 9.17) is 16.3 Å². The highest BCUT2D eigenvalue weighted by molar-refractivity contribution is 6.20. The first kappa shape index (κ1) is 14.5. The van der Waals surface area contributed by atoms with Crippen LogP contribution in [-0.4, -0.2) is 24.0 Å². The number of nitrogens with zero attached hydrogens (tertiary/aromatic N) is 1. The average molecular weight is 305 g/mol. The van der Waals surface area contributed by atoms with Crippen LogP contribution in [0.2, 0.25) is 0 Å². The van der Waals surface area contributed by atoms with E-state index in [1.807, 2.05) is 24.4 Å². The number of aromatic nitrogens is 1. The van der Waals surface area contributed by atoms with Gasteiger partial charge in [0.2, 0.25) is 0 Å². The number of hydrogen-bond donors (Lipinski definition) is 1. The van der Waals surface area contributed by atoms with Crippen molar-refractivity contribution in [3.63, 3.8) is 0 Å². The molecule has 112 valence electrons. The van der Waals surface area contributed by atoms with Gasteiger partial charge in [0, 0.05) is 23.5 Å². The molecule has 1 heterocycles. The second-order valence-electron chi connectivity index (χ2n) is 5.69. The lowest BCUT2D eigenvalue weighted by atomic mass is 9.89. The van der Waals surface area contributed by atoms with Crippen LogP contribution in [0.25, 0.3) is 10.8 Å². The molecule has 1 aliphatic rings. The highest BCUT2D eigenvalue weighted by Crippen LogP contribution is 2.30. The number of hydrogen-bond acceptors (Lipinski definition) is 3. The molecule has 1 fully saturated rings. The third kappa shape index (κ3) is 3.24. The van der Waals surface area contributed by atoms with Crippen molar-refractivity contribution in [1.29, 1.82) is 0 Å². The Balaban J connectivity index is 1.77. The van der Waals surface area contributed by atoms with Crippen molar-refractivity contribution in [2.75, 3.05) is 19.0 Å². The van der Waals surface area contributed by atoms with E-state index in [0.717, 1.165) is 35.3 Å². The molecule has 1 saturated carbocycles. The lowest BCUT2D eigenvalue weighted by Gasteiger charge is -2.27. The van der Waals surface area contributed by atoms with Gasteiger partial charge in [-0.05, 0) is 48.4 Å². The maximum absolute atomic E-state index is 6.43. The fourth-order valence-corrected chi connectivity index (χ4v) is 3.41. The molecule has 1 aromatic heterocycles. The number of halogens is 1. The summed E-state index contributed by atoms with van der Waals surface area (Å²) in [6.07, 6.45) is 6.73. The molecule has 0 aliphatic heterocycles. The Labute approximate surface area is 130 Å². The quantitative estimate of drug-likeness (QED) is 0.847. The molecule has 3 nitrogen and oxygen atoms in total. The average Bonchev–Trinajstić information content (AvgIpc) is 2.53. The first-order valence-electron chi connectivity index (χ1n) is 7.58. The number of alkyl halides is 1. The van der Waals surface area contributed by atoms with E-state index in [0.29, 0.717) is 11.3 Å². The second kappa shape index (κ2) is 6.52. The van der Waals surface area contributed by atoms with Gasteiger partial charge in [0.15, 0.2) is 0 Å². The molecule has 1 N–H and O–H groups in total. The maximum Gasteiger partial charge on any atom is 0.133 e. The maximum atomic E-state index is 6.43. The van der Waals surface area contributed by atoms with Crippen LogP contribution in [0.3, 0.4) is 0 Å². The van der Waals surface area contributed by atoms with Crippen LogP contribution in [0, 0.1) is 5.92 Å². The fraction of sp³-hybridized carbons (Fsp3) is 0.471. The summed E-state index contributed by atoms with van der Waals surface area (Å²) in [6, 6.07) is 8.07. The topological polar surface area (TPSA) is 34.1 Å². The summed E-state index contributed by atoms with van der Waals surface area (Å²) >= 11 is 6.43. The predicted molar refractivity (Wildman–Crippen MR) is 88.4 cm³/mol. The molecule has 2 aromatic rings. The van der Waals surface area contributed by atoms with Crippen LogP contribution in [0.15, 0.2) is 30.5 Å². The molecule has 1 aromatic carbocycles. The van der Waals surface area contributed by atoms with Crippen LogP contribution in [-0.2, 0) is 0 Å². The zero-order valence-electron chi connectivity index (χ0n) is 12.3. The minimum atomic E-state index is 0.293. The number of rotatable bonds is 4. The van der Waals surface area contributed by atoms with Crippen molar-refractivity contribution >= 4 is 28.2 Å². The van der Waals surface area contributed by atoms with Crippen molar-refractivity contribution in [1.82, 2.24) is 4.98 Å². The van der Waals surface area contributed by atoms with Gasteiger partial charge < -0.3 is 10.1 Å². The Morgan fingerprint density at radius 3 is 2.95 bits per heavy atom. The number of methoxy groups -OCH3 is 1. The summed E-state index contributed by atoms with van der Waals surface area (Å²) in [6.45, 7) is 0.895. The molecule has 0 amide bonds. The largest absolute Gasteiger partial charge is 0.497 e. The van der Waals surface area contributed by atoms with E-state index in [9.17, 15) is 0 Å². The predicted octanol–water partition coefficient (Wildman–Crippen LogP) is 4.45. The molecule has 4 heteroatoms. The Bertz CT molecular complexity index is 617. The number of pyridine rings is 1. The molecule has 0 radical (unpaired) electrons. The van der Waals surface area contributed by atoms with E-state index >= 15 is 0 Å². The van der Waals surface area contributed by atoms with E-state index in [1.165, 1.54) is 19.3 Å². The zero-order chi connectivity index (χ0) is 14.7. The molecular weight excluding hydrogens is 284 g/mol. The van der Waals surface area contributed by atoms with Crippen molar-refractivity contribution in [3.8, 4) is 5.75 Å². The van der Waals surface area contributed by atoms with Gasteiger partial charge >= 0.3 is 0 Å². The molecule has 2 atom stereocenters.